The van der Waals surface area contributed by atoms with Gasteiger partial charge in [-0.25, -0.2) is 0 Å². The van der Waals surface area contributed by atoms with Gasteiger partial charge in [0.2, 0.25) is 0 Å². The highest BCUT2D eigenvalue weighted by Gasteiger charge is 2.11. The van der Waals surface area contributed by atoms with Crippen molar-refractivity contribution in [3.8, 4) is 0 Å². The lowest BCUT2D eigenvalue weighted by Crippen LogP contribution is -2.28. The van der Waals surface area contributed by atoms with E-state index in [4.69, 9.17) is 24.4 Å². The Morgan fingerprint density at radius 1 is 0.750 bits per heavy atom. The number of rotatable bonds is 4. The summed E-state index contributed by atoms with van der Waals surface area (Å²) in [5.74, 6) is 0. The second kappa shape index (κ2) is 9.50. The Kier molecular flexibility index (Phi) is 9.79. The van der Waals surface area contributed by atoms with E-state index < -0.39 is 0 Å². The Labute approximate surface area is 118 Å². The zero-order valence-corrected chi connectivity index (χ0v) is 13.6. The van der Waals surface area contributed by atoms with E-state index in [1.807, 2.05) is 0 Å². The molecule has 0 aliphatic carbocycles. The van der Waals surface area contributed by atoms with Crippen molar-refractivity contribution in [2.75, 3.05) is 26.2 Å². The van der Waals surface area contributed by atoms with Gasteiger partial charge in [0.1, 0.15) is 8.64 Å². The van der Waals surface area contributed by atoms with Gasteiger partial charge in [-0.05, 0) is 49.3 Å². The van der Waals surface area contributed by atoms with E-state index >= 15 is 0 Å². The number of nitrogens with zero attached hydrogens (tertiary/aromatic N) is 2. The fraction of sp³-hybridized carbons (Fsp3) is 0.800. The fourth-order valence-corrected chi connectivity index (χ4v) is 4.20. The maximum Gasteiger partial charge on any atom is 0.147 e. The molecule has 0 radical (unpaired) electrons. The molecule has 0 unspecified atom stereocenters. The van der Waals surface area contributed by atoms with Crippen LogP contribution in [0, 0.1) is 0 Å². The van der Waals surface area contributed by atoms with E-state index in [1.165, 1.54) is 0 Å². The monoisotopic (exact) mass is 304 g/mol. The molecule has 6 heteroatoms. The van der Waals surface area contributed by atoms with Crippen LogP contribution in [0.25, 0.3) is 0 Å². The summed E-state index contributed by atoms with van der Waals surface area (Å²) in [6.45, 7) is 12.3. The highest BCUT2D eigenvalue weighted by molar-refractivity contribution is 8.89. The normalized spacial score (nSPS) is 10.0. The van der Waals surface area contributed by atoms with Crippen molar-refractivity contribution in [1.82, 2.24) is 9.80 Å². The summed E-state index contributed by atoms with van der Waals surface area (Å²) in [6.07, 6.45) is 0. The zero-order valence-electron chi connectivity index (χ0n) is 10.4. The van der Waals surface area contributed by atoms with Crippen LogP contribution in [-0.4, -0.2) is 44.6 Å². The van der Waals surface area contributed by atoms with Gasteiger partial charge in [-0.15, -0.1) is 0 Å². The molecule has 0 saturated carbocycles. The first-order valence-corrected chi connectivity index (χ1v) is 8.49. The lowest BCUT2D eigenvalue weighted by atomic mass is 11.2. The Bertz CT molecular complexity index is 201. The van der Waals surface area contributed by atoms with Crippen molar-refractivity contribution in [1.29, 1.82) is 0 Å². The van der Waals surface area contributed by atoms with Crippen LogP contribution in [-0.2, 0) is 0 Å². The molecule has 16 heavy (non-hydrogen) atoms. The summed E-state index contributed by atoms with van der Waals surface area (Å²) in [7, 11) is 3.18. The highest BCUT2D eigenvalue weighted by Crippen LogP contribution is 2.28. The average Bonchev–Trinajstić information content (AvgIpc) is 2.29. The molecule has 0 aliphatic rings. The number of thiocarbonyl (C=S) groups is 2. The Balaban J connectivity index is 4.04. The van der Waals surface area contributed by atoms with Gasteiger partial charge in [-0.2, -0.15) is 0 Å². The molecular formula is C10H20N2S4. The second-order valence-corrected chi connectivity index (χ2v) is 6.44. The van der Waals surface area contributed by atoms with Crippen LogP contribution in [0.5, 0.6) is 0 Å². The highest BCUT2D eigenvalue weighted by atomic mass is 33.1. The first kappa shape index (κ1) is 16.5. The van der Waals surface area contributed by atoms with Crippen molar-refractivity contribution in [3.05, 3.63) is 0 Å². The first-order chi connectivity index (χ1) is 7.60. The molecule has 0 heterocycles. The van der Waals surface area contributed by atoms with Crippen LogP contribution >= 0.6 is 46.0 Å². The molecule has 0 amide bonds. The van der Waals surface area contributed by atoms with Crippen molar-refractivity contribution >= 4 is 54.7 Å². The summed E-state index contributed by atoms with van der Waals surface area (Å²) >= 11 is 10.7. The molecular weight excluding hydrogens is 284 g/mol. The van der Waals surface area contributed by atoms with Crippen LogP contribution in [0.4, 0.5) is 0 Å². The van der Waals surface area contributed by atoms with Crippen LogP contribution in [0.3, 0.4) is 0 Å². The predicted octanol–water partition coefficient (Wildman–Crippen LogP) is 3.62. The molecule has 0 N–H and O–H groups in total. The van der Waals surface area contributed by atoms with Crippen molar-refractivity contribution in [3.63, 3.8) is 0 Å². The minimum absolute atomic E-state index is 0.921. The SMILES string of the molecule is C[14CH2]N([14CH2]C)C(=S)SSC(=S)N([14CH2]C)[14CH2]C. The molecule has 0 bridgehead atoms. The van der Waals surface area contributed by atoms with E-state index in [-0.39, 0.29) is 0 Å². The van der Waals surface area contributed by atoms with Gasteiger partial charge >= 0.3 is 0 Å². The van der Waals surface area contributed by atoms with Crippen LogP contribution in [0.1, 0.15) is 27.7 Å². The fourth-order valence-electron chi connectivity index (χ4n) is 1.14. The minimum Gasteiger partial charge on any atom is -0.357 e. The maximum absolute atomic E-state index is 5.34. The molecule has 0 aromatic carbocycles. The quantitative estimate of drug-likeness (QED) is 0.574. The molecule has 94 valence electrons. The Hall–Kier alpha value is 0.480. The standard InChI is InChI=1S/C10H20N2S4/c1-5-11(6-2)9(13)15-16-10(14)12(7-3)8-4/h5-8H2,1-4H3/i5+2,6+2,7+2,8+2. The van der Waals surface area contributed by atoms with Crippen molar-refractivity contribution in [2.24, 2.45) is 0 Å². The average molecular weight is 305 g/mol. The summed E-state index contributed by atoms with van der Waals surface area (Å²) in [6, 6.07) is 0. The van der Waals surface area contributed by atoms with Crippen LogP contribution in [0.2, 0.25) is 0 Å². The molecule has 0 spiro atoms. The van der Waals surface area contributed by atoms with E-state index in [0.29, 0.717) is 0 Å². The summed E-state index contributed by atoms with van der Waals surface area (Å²) < 4.78 is 1.84. The Morgan fingerprint density at radius 3 is 1.19 bits per heavy atom. The summed E-state index contributed by atoms with van der Waals surface area (Å²) in [5.41, 5.74) is 0. The second-order valence-electron chi connectivity index (χ2n) is 3.04. The summed E-state index contributed by atoms with van der Waals surface area (Å²) in [5, 5.41) is 0. The van der Waals surface area contributed by atoms with Gasteiger partial charge < -0.3 is 9.80 Å². The predicted molar refractivity (Wildman–Crippen MR) is 86.2 cm³/mol. The van der Waals surface area contributed by atoms with E-state index in [9.17, 15) is 0 Å². The third kappa shape index (κ3) is 5.70. The van der Waals surface area contributed by atoms with Gasteiger partial charge in [-0.1, -0.05) is 24.4 Å². The molecule has 0 aromatic heterocycles. The smallest absolute Gasteiger partial charge is 0.147 e. The first-order valence-electron chi connectivity index (χ1n) is 5.52. The van der Waals surface area contributed by atoms with E-state index in [1.54, 1.807) is 21.6 Å². The van der Waals surface area contributed by atoms with Gasteiger partial charge in [0.05, 0.1) is 0 Å². The molecule has 0 aliphatic heterocycles. The lowest BCUT2D eigenvalue weighted by molar-refractivity contribution is 0.482. The third-order valence-corrected chi connectivity index (χ3v) is 5.96. The molecule has 0 saturated heterocycles. The number of hydrogen-bond donors (Lipinski definition) is 0. The third-order valence-electron chi connectivity index (χ3n) is 2.23. The lowest BCUT2D eigenvalue weighted by Gasteiger charge is -2.23. The molecule has 0 fully saturated rings. The largest absolute Gasteiger partial charge is 0.357 e. The maximum atomic E-state index is 5.34. The summed E-state index contributed by atoms with van der Waals surface area (Å²) in [4.78, 5) is 4.33. The molecule has 2 nitrogen and oxygen atoms in total. The molecule has 0 atom stereocenters. The van der Waals surface area contributed by atoms with Gasteiger partial charge in [0.15, 0.2) is 0 Å². The Morgan fingerprint density at radius 2 is 1.00 bits per heavy atom. The van der Waals surface area contributed by atoms with Crippen LogP contribution in [0.15, 0.2) is 0 Å². The number of hydrogen-bond acceptors (Lipinski definition) is 4. The van der Waals surface area contributed by atoms with Crippen molar-refractivity contribution < 1.29 is 0 Å². The topological polar surface area (TPSA) is 6.48 Å². The zero-order chi connectivity index (χ0) is 12.6. The van der Waals surface area contributed by atoms with E-state index in [2.05, 4.69) is 37.5 Å². The molecule has 0 aromatic rings. The minimum atomic E-state index is 0.921. The van der Waals surface area contributed by atoms with Gasteiger partial charge in [0.25, 0.3) is 0 Å². The van der Waals surface area contributed by atoms with Crippen molar-refractivity contribution in [2.45, 2.75) is 27.7 Å². The van der Waals surface area contributed by atoms with E-state index in [0.717, 1.165) is 34.8 Å². The van der Waals surface area contributed by atoms with Crippen LogP contribution < -0.4 is 0 Å². The van der Waals surface area contributed by atoms with Gasteiger partial charge in [-0.3, -0.25) is 0 Å². The molecule has 0 rings (SSSR count). The van der Waals surface area contributed by atoms with Gasteiger partial charge in [0, 0.05) is 26.2 Å².